The molecule has 4 nitrogen and oxygen atoms in total. The van der Waals surface area contributed by atoms with Gasteiger partial charge in [-0.25, -0.2) is 4.98 Å². The highest BCUT2D eigenvalue weighted by atomic mass is 16.1. The molecule has 0 aromatic carbocycles. The number of amides is 1. The first-order valence-electron chi connectivity index (χ1n) is 7.53. The molecule has 0 aliphatic rings. The van der Waals surface area contributed by atoms with E-state index in [1.807, 2.05) is 20.0 Å². The third kappa shape index (κ3) is 5.59. The molecule has 0 bridgehead atoms. The van der Waals surface area contributed by atoms with Crippen molar-refractivity contribution in [2.24, 2.45) is 5.92 Å². The van der Waals surface area contributed by atoms with Crippen LogP contribution in [0.15, 0.2) is 12.1 Å². The van der Waals surface area contributed by atoms with Crippen LogP contribution in [0.5, 0.6) is 0 Å². The normalized spacial score (nSPS) is 10.7. The smallest absolute Gasteiger partial charge is 0.251 e. The van der Waals surface area contributed by atoms with Crippen LogP contribution >= 0.6 is 0 Å². The molecule has 2 N–H and O–H groups in total. The second kappa shape index (κ2) is 8.56. The van der Waals surface area contributed by atoms with Gasteiger partial charge in [-0.15, -0.1) is 0 Å². The summed E-state index contributed by atoms with van der Waals surface area (Å²) in [7, 11) is 1.81. The summed E-state index contributed by atoms with van der Waals surface area (Å²) in [6.45, 7) is 7.22. The van der Waals surface area contributed by atoms with Crippen molar-refractivity contribution in [2.75, 3.05) is 18.9 Å². The number of aromatic nitrogens is 1. The van der Waals surface area contributed by atoms with Crippen LogP contribution < -0.4 is 10.6 Å². The quantitative estimate of drug-likeness (QED) is 0.717. The molecule has 1 aromatic rings. The molecule has 0 aliphatic heterocycles. The molecular formula is C16H27N3O. The van der Waals surface area contributed by atoms with E-state index in [2.05, 4.69) is 29.5 Å². The maximum absolute atomic E-state index is 12.1. The van der Waals surface area contributed by atoms with Crippen molar-refractivity contribution in [3.63, 3.8) is 0 Å². The van der Waals surface area contributed by atoms with Crippen molar-refractivity contribution in [3.8, 4) is 0 Å². The molecular weight excluding hydrogens is 250 g/mol. The van der Waals surface area contributed by atoms with E-state index < -0.39 is 0 Å². The van der Waals surface area contributed by atoms with E-state index in [0.717, 1.165) is 43.2 Å². The molecule has 0 fully saturated rings. The second-order valence-electron chi connectivity index (χ2n) is 5.48. The molecule has 0 radical (unpaired) electrons. The lowest BCUT2D eigenvalue weighted by Gasteiger charge is -2.09. The Labute approximate surface area is 122 Å². The maximum atomic E-state index is 12.1. The number of aryl methyl sites for hydroxylation is 1. The van der Waals surface area contributed by atoms with Crippen LogP contribution in [0.2, 0.25) is 0 Å². The largest absolute Gasteiger partial charge is 0.373 e. The Morgan fingerprint density at radius 1 is 1.30 bits per heavy atom. The summed E-state index contributed by atoms with van der Waals surface area (Å²) in [6, 6.07) is 3.66. The number of carbonyl (C=O) groups is 1. The number of pyridine rings is 1. The highest BCUT2D eigenvalue weighted by Crippen LogP contribution is 2.11. The first kappa shape index (κ1) is 16.5. The maximum Gasteiger partial charge on any atom is 0.251 e. The summed E-state index contributed by atoms with van der Waals surface area (Å²) in [6.07, 6.45) is 4.24. The molecule has 0 saturated carbocycles. The lowest BCUT2D eigenvalue weighted by molar-refractivity contribution is 0.0952. The molecule has 0 saturated heterocycles. The Morgan fingerprint density at radius 3 is 2.65 bits per heavy atom. The van der Waals surface area contributed by atoms with Gasteiger partial charge >= 0.3 is 0 Å². The number of unbranched alkanes of at least 4 members (excludes halogenated alkanes) is 1. The van der Waals surface area contributed by atoms with Gasteiger partial charge in [-0.05, 0) is 30.9 Å². The average Bonchev–Trinajstić information content (AvgIpc) is 2.45. The van der Waals surface area contributed by atoms with Crippen molar-refractivity contribution in [2.45, 2.75) is 46.5 Å². The van der Waals surface area contributed by atoms with Gasteiger partial charge in [0.25, 0.3) is 5.91 Å². The van der Waals surface area contributed by atoms with Crippen LogP contribution in [0, 0.1) is 5.92 Å². The number of anilines is 1. The van der Waals surface area contributed by atoms with E-state index >= 15 is 0 Å². The third-order valence-electron chi connectivity index (χ3n) is 3.25. The fourth-order valence-corrected chi connectivity index (χ4v) is 2.01. The SMILES string of the molecule is CCc1cc(C(=O)NCCCCC(C)C)cc(NC)n1. The second-order valence-corrected chi connectivity index (χ2v) is 5.48. The van der Waals surface area contributed by atoms with Crippen LogP contribution in [-0.2, 0) is 6.42 Å². The number of rotatable bonds is 8. The minimum Gasteiger partial charge on any atom is -0.373 e. The van der Waals surface area contributed by atoms with Gasteiger partial charge in [0, 0.05) is 24.8 Å². The Kier molecular flexibility index (Phi) is 7.05. The van der Waals surface area contributed by atoms with Crippen LogP contribution in [-0.4, -0.2) is 24.5 Å². The van der Waals surface area contributed by atoms with Crippen molar-refractivity contribution in [1.29, 1.82) is 0 Å². The summed E-state index contributed by atoms with van der Waals surface area (Å²) in [5, 5.41) is 5.98. The minimum absolute atomic E-state index is 0.0110. The topological polar surface area (TPSA) is 54.0 Å². The highest BCUT2D eigenvalue weighted by Gasteiger charge is 2.08. The molecule has 1 heterocycles. The Morgan fingerprint density at radius 2 is 2.05 bits per heavy atom. The van der Waals surface area contributed by atoms with Gasteiger partial charge in [-0.3, -0.25) is 4.79 Å². The fourth-order valence-electron chi connectivity index (χ4n) is 2.01. The lowest BCUT2D eigenvalue weighted by atomic mass is 10.1. The molecule has 1 rings (SSSR count). The van der Waals surface area contributed by atoms with E-state index in [0.29, 0.717) is 5.56 Å². The number of nitrogens with zero attached hydrogens (tertiary/aromatic N) is 1. The number of hydrogen-bond acceptors (Lipinski definition) is 3. The standard InChI is InChI=1S/C16H27N3O/c1-5-14-10-13(11-15(17-4)19-14)16(20)18-9-7-6-8-12(2)3/h10-12H,5-9H2,1-4H3,(H,17,19)(H,18,20). The predicted octanol–water partition coefficient (Wildman–Crippen LogP) is 3.24. The van der Waals surface area contributed by atoms with Crippen molar-refractivity contribution in [3.05, 3.63) is 23.4 Å². The van der Waals surface area contributed by atoms with Crippen LogP contribution in [0.4, 0.5) is 5.82 Å². The van der Waals surface area contributed by atoms with Crippen LogP contribution in [0.25, 0.3) is 0 Å². The minimum atomic E-state index is -0.0110. The first-order chi connectivity index (χ1) is 9.56. The van der Waals surface area contributed by atoms with Gasteiger partial charge in [0.2, 0.25) is 0 Å². The van der Waals surface area contributed by atoms with Gasteiger partial charge in [-0.2, -0.15) is 0 Å². The molecule has 0 unspecified atom stereocenters. The van der Waals surface area contributed by atoms with E-state index in [9.17, 15) is 4.79 Å². The van der Waals surface area contributed by atoms with Gasteiger partial charge in [-0.1, -0.05) is 33.6 Å². The predicted molar refractivity (Wildman–Crippen MR) is 84.2 cm³/mol. The van der Waals surface area contributed by atoms with Crippen molar-refractivity contribution >= 4 is 11.7 Å². The lowest BCUT2D eigenvalue weighted by Crippen LogP contribution is -2.25. The molecule has 4 heteroatoms. The Hall–Kier alpha value is -1.58. The molecule has 0 spiro atoms. The Bertz CT molecular complexity index is 407. The van der Waals surface area contributed by atoms with Crippen molar-refractivity contribution in [1.82, 2.24) is 10.3 Å². The van der Waals surface area contributed by atoms with Gasteiger partial charge < -0.3 is 10.6 Å². The fraction of sp³-hybridized carbons (Fsp3) is 0.625. The summed E-state index contributed by atoms with van der Waals surface area (Å²) in [5.41, 5.74) is 1.62. The molecule has 20 heavy (non-hydrogen) atoms. The highest BCUT2D eigenvalue weighted by molar-refractivity contribution is 5.94. The zero-order chi connectivity index (χ0) is 15.0. The Balaban J connectivity index is 2.50. The molecule has 1 amide bonds. The van der Waals surface area contributed by atoms with Crippen molar-refractivity contribution < 1.29 is 4.79 Å². The van der Waals surface area contributed by atoms with E-state index in [4.69, 9.17) is 0 Å². The third-order valence-corrected chi connectivity index (χ3v) is 3.25. The first-order valence-corrected chi connectivity index (χ1v) is 7.53. The zero-order valence-electron chi connectivity index (χ0n) is 13.1. The zero-order valence-corrected chi connectivity index (χ0v) is 13.1. The van der Waals surface area contributed by atoms with E-state index in [-0.39, 0.29) is 5.91 Å². The van der Waals surface area contributed by atoms with E-state index in [1.165, 1.54) is 6.42 Å². The molecule has 0 aliphatic carbocycles. The number of nitrogens with one attached hydrogen (secondary N) is 2. The number of carbonyl (C=O) groups excluding carboxylic acids is 1. The monoisotopic (exact) mass is 277 g/mol. The molecule has 0 atom stereocenters. The summed E-state index contributed by atoms with van der Waals surface area (Å²) in [5.74, 6) is 1.47. The summed E-state index contributed by atoms with van der Waals surface area (Å²) >= 11 is 0. The number of hydrogen-bond donors (Lipinski definition) is 2. The summed E-state index contributed by atoms with van der Waals surface area (Å²) in [4.78, 5) is 16.5. The molecule has 112 valence electrons. The van der Waals surface area contributed by atoms with Gasteiger partial charge in [0.05, 0.1) is 0 Å². The van der Waals surface area contributed by atoms with Gasteiger partial charge in [0.1, 0.15) is 5.82 Å². The van der Waals surface area contributed by atoms with Crippen LogP contribution in [0.3, 0.4) is 0 Å². The van der Waals surface area contributed by atoms with E-state index in [1.54, 1.807) is 6.07 Å². The van der Waals surface area contributed by atoms with Crippen LogP contribution in [0.1, 0.15) is 56.1 Å². The van der Waals surface area contributed by atoms with Gasteiger partial charge in [0.15, 0.2) is 0 Å². The summed E-state index contributed by atoms with van der Waals surface area (Å²) < 4.78 is 0. The average molecular weight is 277 g/mol. The molecule has 1 aromatic heterocycles.